The first kappa shape index (κ1) is 20.5. The number of benzene rings is 2. The van der Waals surface area contributed by atoms with E-state index in [1.807, 2.05) is 30.3 Å². The van der Waals surface area contributed by atoms with Crippen molar-refractivity contribution in [3.63, 3.8) is 0 Å². The van der Waals surface area contributed by atoms with Gasteiger partial charge in [0.2, 0.25) is 0 Å². The Kier molecular flexibility index (Phi) is 6.41. The van der Waals surface area contributed by atoms with E-state index in [4.69, 9.17) is 5.73 Å². The number of hydrogen-bond donors (Lipinski definition) is 1. The van der Waals surface area contributed by atoms with E-state index < -0.39 is 0 Å². The van der Waals surface area contributed by atoms with E-state index in [1.54, 1.807) is 16.8 Å². The van der Waals surface area contributed by atoms with Gasteiger partial charge in [-0.25, -0.2) is 0 Å². The number of carbonyl (C=O) groups is 1. The Labute approximate surface area is 182 Å². The average Bonchev–Trinajstić information content (AvgIpc) is 2.83. The van der Waals surface area contributed by atoms with E-state index in [-0.39, 0.29) is 11.9 Å². The molecule has 1 saturated heterocycles. The molecule has 4 nitrogen and oxygen atoms in total. The predicted octanol–water partition coefficient (Wildman–Crippen LogP) is 4.58. The zero-order chi connectivity index (χ0) is 20.9. The molecule has 0 saturated carbocycles. The molecule has 2 aliphatic rings. The third-order valence-electron chi connectivity index (χ3n) is 5.33. The Morgan fingerprint density at radius 2 is 1.77 bits per heavy atom. The number of carbonyl (C=O) groups excluding carboxylic acids is 1. The van der Waals surface area contributed by atoms with Gasteiger partial charge in [-0.15, -0.1) is 0 Å². The molecule has 2 aliphatic heterocycles. The predicted molar refractivity (Wildman–Crippen MR) is 125 cm³/mol. The molecule has 30 heavy (non-hydrogen) atoms. The summed E-state index contributed by atoms with van der Waals surface area (Å²) in [5.41, 5.74) is 9.02. The van der Waals surface area contributed by atoms with Crippen LogP contribution in [0.5, 0.6) is 0 Å². The standard InChI is InChI=1S/C25H27N3OS/c1-19-8-4-3-7-15-28(18-24(19)20-9-5-2-6-10-20)30-23-13-11-21(12-14-23)25(29)27-16-22(26)17-27/h2-14,18-19,22H,15-17,26H2,1H3/b7-3-,8-4-,24-18+. The van der Waals surface area contributed by atoms with Gasteiger partial charge >= 0.3 is 0 Å². The van der Waals surface area contributed by atoms with E-state index >= 15 is 0 Å². The van der Waals surface area contributed by atoms with E-state index in [9.17, 15) is 4.79 Å². The van der Waals surface area contributed by atoms with Crippen LogP contribution in [0.25, 0.3) is 5.57 Å². The fourth-order valence-electron chi connectivity index (χ4n) is 3.59. The molecule has 154 valence electrons. The topological polar surface area (TPSA) is 49.6 Å². The normalized spacial score (nSPS) is 23.4. The molecule has 0 radical (unpaired) electrons. The molecule has 2 N–H and O–H groups in total. The summed E-state index contributed by atoms with van der Waals surface area (Å²) in [5.74, 6) is 0.367. The summed E-state index contributed by atoms with van der Waals surface area (Å²) < 4.78 is 2.24. The van der Waals surface area contributed by atoms with Crippen LogP contribution in [-0.2, 0) is 0 Å². The van der Waals surface area contributed by atoms with Crippen molar-refractivity contribution >= 4 is 23.4 Å². The molecule has 1 atom stereocenters. The fraction of sp³-hybridized carbons (Fsp3) is 0.240. The summed E-state index contributed by atoms with van der Waals surface area (Å²) >= 11 is 1.68. The smallest absolute Gasteiger partial charge is 0.253 e. The Balaban J connectivity index is 1.52. The first-order valence-electron chi connectivity index (χ1n) is 10.3. The molecule has 4 rings (SSSR count). The van der Waals surface area contributed by atoms with E-state index in [0.717, 1.165) is 11.4 Å². The second kappa shape index (κ2) is 9.37. The minimum absolute atomic E-state index is 0.0603. The number of hydrogen-bond acceptors (Lipinski definition) is 4. The molecule has 2 heterocycles. The highest BCUT2D eigenvalue weighted by molar-refractivity contribution is 7.97. The van der Waals surface area contributed by atoms with Crippen molar-refractivity contribution < 1.29 is 4.79 Å². The van der Waals surface area contributed by atoms with Crippen molar-refractivity contribution in [2.75, 3.05) is 19.6 Å². The van der Waals surface area contributed by atoms with Crippen LogP contribution in [0.2, 0.25) is 0 Å². The SMILES string of the molecule is CC1/C=C\C=C/CN(Sc2ccc(C(=O)N3CC(N)C3)cc2)/C=C\1c1ccccc1. The minimum Gasteiger partial charge on any atom is -0.335 e. The Hall–Kier alpha value is -2.76. The van der Waals surface area contributed by atoms with Crippen molar-refractivity contribution in [1.82, 2.24) is 9.21 Å². The number of amides is 1. The number of rotatable bonds is 4. The second-order valence-electron chi connectivity index (χ2n) is 7.74. The van der Waals surface area contributed by atoms with Crippen LogP contribution in [0.1, 0.15) is 22.8 Å². The Bertz CT molecular complexity index is 960. The number of likely N-dealkylation sites (tertiary alicyclic amines) is 1. The molecular weight excluding hydrogens is 390 g/mol. The van der Waals surface area contributed by atoms with Gasteiger partial charge in [0, 0.05) is 48.3 Å². The molecule has 0 aromatic heterocycles. The van der Waals surface area contributed by atoms with Crippen LogP contribution in [0.3, 0.4) is 0 Å². The fourth-order valence-corrected chi connectivity index (χ4v) is 4.45. The van der Waals surface area contributed by atoms with E-state index in [1.165, 1.54) is 11.1 Å². The summed E-state index contributed by atoms with van der Waals surface area (Å²) in [4.78, 5) is 15.4. The van der Waals surface area contributed by atoms with Crippen LogP contribution in [0, 0.1) is 5.92 Å². The first-order valence-corrected chi connectivity index (χ1v) is 11.1. The minimum atomic E-state index is 0.0603. The van der Waals surface area contributed by atoms with Gasteiger partial charge in [0.15, 0.2) is 0 Å². The Morgan fingerprint density at radius 1 is 1.03 bits per heavy atom. The van der Waals surface area contributed by atoms with Crippen LogP contribution < -0.4 is 5.73 Å². The summed E-state index contributed by atoms with van der Waals surface area (Å²) in [7, 11) is 0. The molecule has 2 aromatic carbocycles. The maximum Gasteiger partial charge on any atom is 0.253 e. The maximum absolute atomic E-state index is 12.5. The van der Waals surface area contributed by atoms with Crippen LogP contribution in [-0.4, -0.2) is 40.8 Å². The summed E-state index contributed by atoms with van der Waals surface area (Å²) in [5, 5.41) is 0. The lowest BCUT2D eigenvalue weighted by Crippen LogP contribution is -2.57. The monoisotopic (exact) mass is 417 g/mol. The van der Waals surface area contributed by atoms with Gasteiger partial charge in [-0.05, 0) is 47.3 Å². The third kappa shape index (κ3) is 4.86. The average molecular weight is 418 g/mol. The van der Waals surface area contributed by atoms with Crippen LogP contribution in [0.15, 0.2) is 90.0 Å². The lowest BCUT2D eigenvalue weighted by atomic mass is 9.94. The van der Waals surface area contributed by atoms with Gasteiger partial charge in [-0.2, -0.15) is 0 Å². The summed E-state index contributed by atoms with van der Waals surface area (Å²) in [6.07, 6.45) is 10.9. The lowest BCUT2D eigenvalue weighted by molar-refractivity contribution is 0.0608. The van der Waals surface area contributed by atoms with Gasteiger partial charge in [0.1, 0.15) is 0 Å². The van der Waals surface area contributed by atoms with Crippen molar-refractivity contribution in [3.05, 3.63) is 96.2 Å². The highest BCUT2D eigenvalue weighted by Crippen LogP contribution is 2.31. The highest BCUT2D eigenvalue weighted by atomic mass is 32.2. The molecule has 5 heteroatoms. The van der Waals surface area contributed by atoms with E-state index in [2.05, 4.69) is 66.0 Å². The van der Waals surface area contributed by atoms with Gasteiger partial charge in [0.05, 0.1) is 0 Å². The van der Waals surface area contributed by atoms with Crippen molar-refractivity contribution in [1.29, 1.82) is 0 Å². The molecule has 0 bridgehead atoms. The second-order valence-corrected chi connectivity index (χ2v) is 8.86. The molecule has 1 amide bonds. The van der Waals surface area contributed by atoms with Crippen LogP contribution in [0.4, 0.5) is 0 Å². The van der Waals surface area contributed by atoms with Gasteiger partial charge in [-0.3, -0.25) is 4.79 Å². The van der Waals surface area contributed by atoms with Gasteiger partial charge in [0.25, 0.3) is 5.91 Å². The molecule has 1 unspecified atom stereocenters. The van der Waals surface area contributed by atoms with Crippen molar-refractivity contribution in [2.24, 2.45) is 11.7 Å². The number of nitrogens with zero attached hydrogens (tertiary/aromatic N) is 2. The lowest BCUT2D eigenvalue weighted by Gasteiger charge is -2.36. The molecule has 0 aliphatic carbocycles. The number of allylic oxidation sites excluding steroid dienone is 4. The van der Waals surface area contributed by atoms with Crippen molar-refractivity contribution in [3.8, 4) is 0 Å². The zero-order valence-corrected chi connectivity index (χ0v) is 18.0. The molecule has 0 spiro atoms. The maximum atomic E-state index is 12.5. The molecule has 2 aromatic rings. The highest BCUT2D eigenvalue weighted by Gasteiger charge is 2.28. The first-order chi connectivity index (χ1) is 14.6. The largest absolute Gasteiger partial charge is 0.335 e. The zero-order valence-electron chi connectivity index (χ0n) is 17.1. The number of nitrogens with two attached hydrogens (primary N) is 1. The molecular formula is C25H27N3OS. The quantitative estimate of drug-likeness (QED) is 0.740. The van der Waals surface area contributed by atoms with Gasteiger partial charge in [-0.1, -0.05) is 61.6 Å². The van der Waals surface area contributed by atoms with Crippen molar-refractivity contribution in [2.45, 2.75) is 17.9 Å². The van der Waals surface area contributed by atoms with Crippen LogP contribution >= 0.6 is 11.9 Å². The third-order valence-corrected chi connectivity index (χ3v) is 6.31. The molecule has 1 fully saturated rings. The van der Waals surface area contributed by atoms with Gasteiger partial charge < -0.3 is 14.9 Å². The summed E-state index contributed by atoms with van der Waals surface area (Å²) in [6.45, 7) is 4.31. The Morgan fingerprint density at radius 3 is 2.47 bits per heavy atom. The summed E-state index contributed by atoms with van der Waals surface area (Å²) in [6, 6.07) is 18.5. The van der Waals surface area contributed by atoms with E-state index in [0.29, 0.717) is 24.6 Å².